The predicted octanol–water partition coefficient (Wildman–Crippen LogP) is 3.29. The van der Waals surface area contributed by atoms with Gasteiger partial charge in [-0.25, -0.2) is 0 Å². The second kappa shape index (κ2) is 7.62. The lowest BCUT2D eigenvalue weighted by atomic mass is 9.94. The summed E-state index contributed by atoms with van der Waals surface area (Å²) in [5, 5.41) is 11.9. The van der Waals surface area contributed by atoms with Crippen LogP contribution in [0.1, 0.15) is 71.2 Å². The van der Waals surface area contributed by atoms with Gasteiger partial charge in [0.15, 0.2) is 0 Å². The maximum absolute atomic E-state index is 5.89. The molecule has 0 aromatic carbocycles. The highest BCUT2D eigenvalue weighted by atomic mass is 16.4. The summed E-state index contributed by atoms with van der Waals surface area (Å²) in [6, 6.07) is 1.39. The minimum atomic E-state index is 0.126. The Morgan fingerprint density at radius 2 is 2.00 bits per heavy atom. The number of rotatable bonds is 7. The average molecular weight is 280 g/mol. The molecule has 1 fully saturated rings. The Bertz CT molecular complexity index is 387. The number of anilines is 1. The van der Waals surface area contributed by atoms with Crippen LogP contribution in [0.5, 0.6) is 0 Å². The largest absolute Gasteiger partial charge is 0.406 e. The maximum atomic E-state index is 5.89. The van der Waals surface area contributed by atoms with Crippen molar-refractivity contribution in [1.82, 2.24) is 15.5 Å². The smallest absolute Gasteiger partial charge is 0.318 e. The van der Waals surface area contributed by atoms with Gasteiger partial charge in [-0.1, -0.05) is 31.3 Å². The van der Waals surface area contributed by atoms with E-state index in [0.29, 0.717) is 17.9 Å². The van der Waals surface area contributed by atoms with Gasteiger partial charge in [0, 0.05) is 12.6 Å². The third-order valence-electron chi connectivity index (χ3n) is 4.10. The van der Waals surface area contributed by atoms with E-state index in [1.807, 2.05) is 0 Å². The van der Waals surface area contributed by atoms with Gasteiger partial charge in [-0.2, -0.15) is 0 Å². The van der Waals surface area contributed by atoms with Crippen molar-refractivity contribution in [3.8, 4) is 0 Å². The SMILES string of the molecule is CCCNC(C)c1nnc(N(CC)C2CCCCC2)o1. The van der Waals surface area contributed by atoms with Crippen molar-refractivity contribution in [2.45, 2.75) is 71.4 Å². The third-order valence-corrected chi connectivity index (χ3v) is 4.10. The topological polar surface area (TPSA) is 54.2 Å². The molecule has 1 N–H and O–H groups in total. The fourth-order valence-corrected chi connectivity index (χ4v) is 2.91. The van der Waals surface area contributed by atoms with Crippen LogP contribution in [-0.4, -0.2) is 29.3 Å². The molecule has 114 valence electrons. The molecule has 1 unspecified atom stereocenters. The van der Waals surface area contributed by atoms with E-state index < -0.39 is 0 Å². The van der Waals surface area contributed by atoms with Crippen LogP contribution in [0, 0.1) is 0 Å². The summed E-state index contributed by atoms with van der Waals surface area (Å²) in [5.41, 5.74) is 0. The Morgan fingerprint density at radius 1 is 1.25 bits per heavy atom. The predicted molar refractivity (Wildman–Crippen MR) is 80.9 cm³/mol. The molecule has 0 amide bonds. The van der Waals surface area contributed by atoms with E-state index in [-0.39, 0.29) is 6.04 Å². The zero-order valence-electron chi connectivity index (χ0n) is 13.1. The summed E-state index contributed by atoms with van der Waals surface area (Å²) in [7, 11) is 0. The van der Waals surface area contributed by atoms with Gasteiger partial charge in [-0.05, 0) is 39.7 Å². The molecule has 0 radical (unpaired) electrons. The van der Waals surface area contributed by atoms with Crippen LogP contribution in [-0.2, 0) is 0 Å². The minimum Gasteiger partial charge on any atom is -0.406 e. The summed E-state index contributed by atoms with van der Waals surface area (Å²) in [6.45, 7) is 8.30. The van der Waals surface area contributed by atoms with Crippen LogP contribution in [0.4, 0.5) is 6.01 Å². The first-order valence-electron chi connectivity index (χ1n) is 8.09. The molecule has 1 aromatic rings. The van der Waals surface area contributed by atoms with Crippen molar-refractivity contribution in [3.63, 3.8) is 0 Å². The van der Waals surface area contributed by atoms with Crippen LogP contribution < -0.4 is 10.2 Å². The molecule has 2 rings (SSSR count). The Balaban J connectivity index is 2.01. The molecule has 5 heteroatoms. The molecular formula is C15H28N4O. The van der Waals surface area contributed by atoms with E-state index in [1.165, 1.54) is 32.1 Å². The minimum absolute atomic E-state index is 0.126. The average Bonchev–Trinajstić information content (AvgIpc) is 2.96. The number of hydrogen-bond acceptors (Lipinski definition) is 5. The Kier molecular flexibility index (Phi) is 5.83. The molecule has 0 saturated heterocycles. The molecule has 1 aliphatic rings. The quantitative estimate of drug-likeness (QED) is 0.830. The molecule has 20 heavy (non-hydrogen) atoms. The van der Waals surface area contributed by atoms with Gasteiger partial charge in [0.25, 0.3) is 0 Å². The highest BCUT2D eigenvalue weighted by Crippen LogP contribution is 2.27. The zero-order chi connectivity index (χ0) is 14.4. The lowest BCUT2D eigenvalue weighted by molar-refractivity contribution is 0.375. The van der Waals surface area contributed by atoms with Crippen molar-refractivity contribution in [3.05, 3.63) is 5.89 Å². The second-order valence-corrected chi connectivity index (χ2v) is 5.68. The highest BCUT2D eigenvalue weighted by molar-refractivity contribution is 5.26. The van der Waals surface area contributed by atoms with E-state index in [2.05, 4.69) is 41.2 Å². The number of hydrogen-bond donors (Lipinski definition) is 1. The normalized spacial score (nSPS) is 18.1. The van der Waals surface area contributed by atoms with Gasteiger partial charge in [0.05, 0.1) is 6.04 Å². The summed E-state index contributed by atoms with van der Waals surface area (Å²) in [4.78, 5) is 2.28. The summed E-state index contributed by atoms with van der Waals surface area (Å²) in [5.74, 6) is 0.697. The molecule has 1 saturated carbocycles. The molecule has 0 spiro atoms. The van der Waals surface area contributed by atoms with Gasteiger partial charge in [0.2, 0.25) is 5.89 Å². The molecule has 0 aliphatic heterocycles. The first-order chi connectivity index (χ1) is 9.76. The van der Waals surface area contributed by atoms with Crippen LogP contribution in [0.2, 0.25) is 0 Å². The Hall–Kier alpha value is -1.10. The van der Waals surface area contributed by atoms with Gasteiger partial charge in [-0.3, -0.25) is 0 Å². The molecule has 1 atom stereocenters. The highest BCUT2D eigenvalue weighted by Gasteiger charge is 2.25. The Labute approximate surface area is 122 Å². The van der Waals surface area contributed by atoms with Crippen molar-refractivity contribution in [1.29, 1.82) is 0 Å². The van der Waals surface area contributed by atoms with Gasteiger partial charge in [0.1, 0.15) is 0 Å². The molecule has 1 aromatic heterocycles. The number of nitrogens with zero attached hydrogens (tertiary/aromatic N) is 3. The van der Waals surface area contributed by atoms with E-state index in [9.17, 15) is 0 Å². The molecule has 1 heterocycles. The number of aromatic nitrogens is 2. The van der Waals surface area contributed by atoms with Crippen LogP contribution in [0.15, 0.2) is 4.42 Å². The van der Waals surface area contributed by atoms with E-state index in [4.69, 9.17) is 4.42 Å². The first-order valence-corrected chi connectivity index (χ1v) is 8.09. The van der Waals surface area contributed by atoms with Gasteiger partial charge >= 0.3 is 6.01 Å². The standard InChI is InChI=1S/C15H28N4O/c1-4-11-16-12(3)14-17-18-15(20-14)19(5-2)13-9-7-6-8-10-13/h12-13,16H,4-11H2,1-3H3. The van der Waals surface area contributed by atoms with Crippen LogP contribution in [0.25, 0.3) is 0 Å². The summed E-state index contributed by atoms with van der Waals surface area (Å²) >= 11 is 0. The van der Waals surface area contributed by atoms with Gasteiger partial charge < -0.3 is 14.6 Å². The van der Waals surface area contributed by atoms with E-state index in [0.717, 1.165) is 19.5 Å². The van der Waals surface area contributed by atoms with Crippen molar-refractivity contribution >= 4 is 6.01 Å². The first kappa shape index (κ1) is 15.3. The van der Waals surface area contributed by atoms with Crippen molar-refractivity contribution in [2.24, 2.45) is 0 Å². The lowest BCUT2D eigenvalue weighted by Gasteiger charge is -2.31. The fourth-order valence-electron chi connectivity index (χ4n) is 2.91. The molecule has 5 nitrogen and oxygen atoms in total. The summed E-state index contributed by atoms with van der Waals surface area (Å²) < 4.78 is 5.89. The van der Waals surface area contributed by atoms with Crippen LogP contribution >= 0.6 is 0 Å². The lowest BCUT2D eigenvalue weighted by Crippen LogP contribution is -2.36. The monoisotopic (exact) mass is 280 g/mol. The molecule has 1 aliphatic carbocycles. The van der Waals surface area contributed by atoms with E-state index >= 15 is 0 Å². The molecular weight excluding hydrogens is 252 g/mol. The third kappa shape index (κ3) is 3.72. The summed E-state index contributed by atoms with van der Waals surface area (Å²) in [6.07, 6.45) is 7.59. The molecule has 0 bridgehead atoms. The second-order valence-electron chi connectivity index (χ2n) is 5.68. The van der Waals surface area contributed by atoms with Crippen LogP contribution in [0.3, 0.4) is 0 Å². The Morgan fingerprint density at radius 3 is 2.65 bits per heavy atom. The van der Waals surface area contributed by atoms with Crippen molar-refractivity contribution < 1.29 is 4.42 Å². The number of nitrogens with one attached hydrogen (secondary N) is 1. The van der Waals surface area contributed by atoms with Crippen molar-refractivity contribution in [2.75, 3.05) is 18.0 Å². The maximum Gasteiger partial charge on any atom is 0.318 e. The zero-order valence-corrected chi connectivity index (χ0v) is 13.1. The fraction of sp³-hybridized carbons (Fsp3) is 0.867. The van der Waals surface area contributed by atoms with Gasteiger partial charge in [-0.15, -0.1) is 5.10 Å². The van der Waals surface area contributed by atoms with E-state index in [1.54, 1.807) is 0 Å².